The van der Waals surface area contributed by atoms with E-state index >= 15 is 0 Å². The van der Waals surface area contributed by atoms with Crippen LogP contribution >= 0.6 is 0 Å². The summed E-state index contributed by atoms with van der Waals surface area (Å²) in [5, 5.41) is 0. The Bertz CT molecular complexity index is 941. The molecule has 2 nitrogen and oxygen atoms in total. The summed E-state index contributed by atoms with van der Waals surface area (Å²) in [6, 6.07) is 13.3. The van der Waals surface area contributed by atoms with Crippen LogP contribution in [0.4, 0.5) is 11.4 Å². The molecule has 2 aromatic rings. The molecule has 32 heavy (non-hydrogen) atoms. The molecule has 0 spiro atoms. The molecule has 0 unspecified atom stereocenters. The maximum atomic E-state index is 5.03. The summed E-state index contributed by atoms with van der Waals surface area (Å²) in [4.78, 5) is 9.98. The van der Waals surface area contributed by atoms with Crippen LogP contribution in [0.2, 0.25) is 0 Å². The van der Waals surface area contributed by atoms with Crippen molar-refractivity contribution in [1.82, 2.24) is 0 Å². The molecule has 0 radical (unpaired) electrons. The van der Waals surface area contributed by atoms with Crippen molar-refractivity contribution in [2.75, 3.05) is 0 Å². The number of rotatable bonds is 5. The summed E-state index contributed by atoms with van der Waals surface area (Å²) in [5.74, 6) is 0.859. The van der Waals surface area contributed by atoms with E-state index in [1.54, 1.807) is 0 Å². The van der Waals surface area contributed by atoms with E-state index in [0.717, 1.165) is 17.1 Å². The maximum absolute atomic E-state index is 5.03. The second-order valence-corrected chi connectivity index (χ2v) is 11.3. The third-order valence-corrected chi connectivity index (χ3v) is 5.69. The van der Waals surface area contributed by atoms with Crippen molar-refractivity contribution >= 4 is 23.3 Å². The van der Waals surface area contributed by atoms with Crippen molar-refractivity contribution in [3.63, 3.8) is 0 Å². The minimum Gasteiger partial charge on any atom is -0.254 e. The van der Waals surface area contributed by atoms with E-state index in [1.807, 2.05) is 13.1 Å². The fourth-order valence-corrected chi connectivity index (χ4v) is 3.76. The summed E-state index contributed by atoms with van der Waals surface area (Å²) in [5.41, 5.74) is 8.33. The molecule has 0 saturated carbocycles. The van der Waals surface area contributed by atoms with E-state index in [1.165, 1.54) is 22.3 Å². The third kappa shape index (κ3) is 7.14. The second kappa shape index (κ2) is 10.9. The SMILES string of the molecule is CC(C=Nc1c(C(C)C)cccc1C(C)C)=Nc1cc(C(C)(C)C)ccc1C(C)(C)C.[Ni]. The first-order valence-corrected chi connectivity index (χ1v) is 11.6. The van der Waals surface area contributed by atoms with E-state index in [-0.39, 0.29) is 27.3 Å². The molecule has 0 heterocycles. The molecule has 178 valence electrons. The average molecular weight is 477 g/mol. The molecule has 0 bridgehead atoms. The molecule has 0 aliphatic rings. The zero-order valence-electron chi connectivity index (χ0n) is 21.9. The summed E-state index contributed by atoms with van der Waals surface area (Å²) in [6.07, 6.45) is 1.93. The number of aliphatic imine (C=N–C) groups is 2. The molecule has 2 aromatic carbocycles. The first kappa shape index (κ1) is 28.3. The summed E-state index contributed by atoms with van der Waals surface area (Å²) in [6.45, 7) is 24.4. The largest absolute Gasteiger partial charge is 0.254 e. The smallest absolute Gasteiger partial charge is 0.0699 e. The van der Waals surface area contributed by atoms with Crippen LogP contribution in [-0.4, -0.2) is 11.9 Å². The van der Waals surface area contributed by atoms with Gasteiger partial charge in [0.1, 0.15) is 0 Å². The van der Waals surface area contributed by atoms with E-state index < -0.39 is 0 Å². The van der Waals surface area contributed by atoms with E-state index in [2.05, 4.69) is 106 Å². The van der Waals surface area contributed by atoms with Crippen LogP contribution < -0.4 is 0 Å². The minimum atomic E-state index is 0. The normalized spacial score (nSPS) is 13.2. The molecular weight excluding hydrogens is 435 g/mol. The average Bonchev–Trinajstić information content (AvgIpc) is 2.64. The summed E-state index contributed by atoms with van der Waals surface area (Å²) in [7, 11) is 0. The number of para-hydroxylation sites is 1. The Hall–Kier alpha value is -1.73. The summed E-state index contributed by atoms with van der Waals surface area (Å²) >= 11 is 0. The molecule has 0 atom stereocenters. The maximum Gasteiger partial charge on any atom is 0.0699 e. The van der Waals surface area contributed by atoms with E-state index in [0.29, 0.717) is 11.8 Å². The van der Waals surface area contributed by atoms with Gasteiger partial charge in [-0.15, -0.1) is 0 Å². The van der Waals surface area contributed by atoms with Crippen LogP contribution in [0, 0.1) is 0 Å². The van der Waals surface area contributed by atoms with Gasteiger partial charge in [-0.05, 0) is 57.9 Å². The van der Waals surface area contributed by atoms with Crippen LogP contribution in [0.5, 0.6) is 0 Å². The van der Waals surface area contributed by atoms with Crippen LogP contribution in [0.25, 0.3) is 0 Å². The first-order chi connectivity index (χ1) is 14.2. The molecule has 0 N–H and O–H groups in total. The monoisotopic (exact) mass is 476 g/mol. The van der Waals surface area contributed by atoms with Gasteiger partial charge in [-0.25, -0.2) is 0 Å². The number of hydrogen-bond acceptors (Lipinski definition) is 2. The molecule has 3 heteroatoms. The van der Waals surface area contributed by atoms with Crippen LogP contribution in [0.3, 0.4) is 0 Å². The predicted molar refractivity (Wildman–Crippen MR) is 139 cm³/mol. The van der Waals surface area contributed by atoms with Gasteiger partial charge in [0.15, 0.2) is 0 Å². The Morgan fingerprint density at radius 2 is 1.34 bits per heavy atom. The fraction of sp³-hybridized carbons (Fsp3) is 0.517. The molecule has 0 aliphatic heterocycles. The topological polar surface area (TPSA) is 24.7 Å². The quantitative estimate of drug-likeness (QED) is 0.303. The Morgan fingerprint density at radius 3 is 1.78 bits per heavy atom. The second-order valence-electron chi connectivity index (χ2n) is 11.3. The standard InChI is InChI=1S/C29H42N2.Ni/c1-19(2)23-13-12-14-24(20(3)4)27(23)30-18-21(5)31-26-17-22(28(6,7)8)15-16-25(26)29(9,10)11;/h12-20H,1-11H3;. The Labute approximate surface area is 207 Å². The number of hydrogen-bond donors (Lipinski definition) is 0. The minimum absolute atomic E-state index is 0. The zero-order chi connectivity index (χ0) is 23.6. The zero-order valence-corrected chi connectivity index (χ0v) is 22.9. The Morgan fingerprint density at radius 1 is 0.812 bits per heavy atom. The molecular formula is C29H42N2Ni. The summed E-state index contributed by atoms with van der Waals surface area (Å²) < 4.78 is 0. The van der Waals surface area contributed by atoms with Crippen LogP contribution in [-0.2, 0) is 27.3 Å². The Balaban J connectivity index is 0.00000512. The van der Waals surface area contributed by atoms with Crippen LogP contribution in [0.1, 0.15) is 110 Å². The van der Waals surface area contributed by atoms with Gasteiger partial charge < -0.3 is 0 Å². The van der Waals surface area contributed by atoms with Crippen molar-refractivity contribution in [3.8, 4) is 0 Å². The third-order valence-electron chi connectivity index (χ3n) is 5.69. The molecule has 0 saturated heterocycles. The first-order valence-electron chi connectivity index (χ1n) is 11.6. The molecule has 0 fully saturated rings. The van der Waals surface area contributed by atoms with E-state index in [4.69, 9.17) is 9.98 Å². The van der Waals surface area contributed by atoms with Crippen molar-refractivity contribution in [2.45, 2.75) is 98.8 Å². The predicted octanol–water partition coefficient (Wildman–Crippen LogP) is 9.02. The number of nitrogens with zero attached hydrogens (tertiary/aromatic N) is 2. The molecule has 2 rings (SSSR count). The van der Waals surface area contributed by atoms with E-state index in [9.17, 15) is 0 Å². The van der Waals surface area contributed by atoms with Gasteiger partial charge in [0.05, 0.1) is 17.1 Å². The van der Waals surface area contributed by atoms with Gasteiger partial charge in [0.2, 0.25) is 0 Å². The van der Waals surface area contributed by atoms with Gasteiger partial charge in [0.25, 0.3) is 0 Å². The van der Waals surface area contributed by atoms with Gasteiger partial charge >= 0.3 is 0 Å². The van der Waals surface area contributed by atoms with Gasteiger partial charge in [-0.3, -0.25) is 9.98 Å². The molecule has 0 amide bonds. The number of benzene rings is 2. The molecule has 0 aliphatic carbocycles. The van der Waals surface area contributed by atoms with Gasteiger partial charge in [-0.2, -0.15) is 0 Å². The van der Waals surface area contributed by atoms with Crippen molar-refractivity contribution in [1.29, 1.82) is 0 Å². The van der Waals surface area contributed by atoms with Gasteiger partial charge in [0, 0.05) is 22.7 Å². The van der Waals surface area contributed by atoms with Crippen molar-refractivity contribution < 1.29 is 16.5 Å². The Kier molecular flexibility index (Phi) is 9.67. The van der Waals surface area contributed by atoms with Crippen LogP contribution in [0.15, 0.2) is 46.4 Å². The van der Waals surface area contributed by atoms with Crippen molar-refractivity contribution in [2.24, 2.45) is 9.98 Å². The van der Waals surface area contributed by atoms with Crippen molar-refractivity contribution in [3.05, 3.63) is 58.7 Å². The fourth-order valence-electron chi connectivity index (χ4n) is 3.76. The van der Waals surface area contributed by atoms with Gasteiger partial charge in [-0.1, -0.05) is 99.6 Å². The molecule has 0 aromatic heterocycles.